The predicted octanol–water partition coefficient (Wildman–Crippen LogP) is 2.15. The number of benzene rings is 1. The molecule has 1 atom stereocenters. The van der Waals surface area contributed by atoms with Crippen LogP contribution < -0.4 is 5.32 Å². The van der Waals surface area contributed by atoms with Crippen LogP contribution in [0.5, 0.6) is 0 Å². The molecule has 0 fully saturated rings. The number of hydrogen-bond acceptors (Lipinski definition) is 3. The molecule has 20 heavy (non-hydrogen) atoms. The van der Waals surface area contributed by atoms with Gasteiger partial charge >= 0.3 is 0 Å². The lowest BCUT2D eigenvalue weighted by molar-refractivity contribution is -0.121. The topological polar surface area (TPSA) is 66.4 Å². The van der Waals surface area contributed by atoms with Crippen LogP contribution in [-0.4, -0.2) is 29.4 Å². The van der Waals surface area contributed by atoms with Crippen molar-refractivity contribution in [1.29, 1.82) is 0 Å². The maximum absolute atomic E-state index is 12.0. The van der Waals surface area contributed by atoms with E-state index >= 15 is 0 Å². The van der Waals surface area contributed by atoms with E-state index in [4.69, 9.17) is 5.11 Å². The maximum atomic E-state index is 12.0. The Morgan fingerprint density at radius 1 is 1.20 bits per heavy atom. The molecule has 1 rings (SSSR count). The Labute approximate surface area is 120 Å². The van der Waals surface area contributed by atoms with Crippen molar-refractivity contribution >= 4 is 11.7 Å². The number of aryl methyl sites for hydroxylation is 2. The molecule has 0 saturated heterocycles. The summed E-state index contributed by atoms with van der Waals surface area (Å²) in [6.07, 6.45) is 0.498. The molecule has 4 heteroatoms. The van der Waals surface area contributed by atoms with Gasteiger partial charge in [0.25, 0.3) is 0 Å². The summed E-state index contributed by atoms with van der Waals surface area (Å²) >= 11 is 0. The fraction of sp³-hybridized carbons (Fsp3) is 0.500. The predicted molar refractivity (Wildman–Crippen MR) is 78.8 cm³/mol. The summed E-state index contributed by atoms with van der Waals surface area (Å²) in [4.78, 5) is 23.5. The minimum Gasteiger partial charge on any atom is -0.393 e. The second-order valence-corrected chi connectivity index (χ2v) is 5.21. The first-order chi connectivity index (χ1) is 9.40. The number of carbonyl (C=O) groups excluding carboxylic acids is 2. The van der Waals surface area contributed by atoms with Crippen LogP contribution in [0.25, 0.3) is 0 Å². The quantitative estimate of drug-likeness (QED) is 0.750. The van der Waals surface area contributed by atoms with E-state index in [9.17, 15) is 9.59 Å². The van der Waals surface area contributed by atoms with Crippen molar-refractivity contribution in [3.63, 3.8) is 0 Å². The Morgan fingerprint density at radius 3 is 2.50 bits per heavy atom. The molecule has 110 valence electrons. The van der Waals surface area contributed by atoms with Crippen LogP contribution in [0.2, 0.25) is 0 Å². The Bertz CT molecular complexity index is 481. The van der Waals surface area contributed by atoms with E-state index in [-0.39, 0.29) is 24.5 Å². The van der Waals surface area contributed by atoms with E-state index in [0.29, 0.717) is 18.5 Å². The molecule has 1 aromatic carbocycles. The highest BCUT2D eigenvalue weighted by atomic mass is 16.3. The third-order valence-corrected chi connectivity index (χ3v) is 3.29. The molecular formula is C16H23NO3. The lowest BCUT2D eigenvalue weighted by atomic mass is 10.0. The number of hydrogen-bond donors (Lipinski definition) is 2. The van der Waals surface area contributed by atoms with E-state index in [0.717, 1.165) is 11.1 Å². The third-order valence-electron chi connectivity index (χ3n) is 3.29. The van der Waals surface area contributed by atoms with Gasteiger partial charge in [-0.3, -0.25) is 9.59 Å². The average molecular weight is 277 g/mol. The molecule has 0 aliphatic carbocycles. The summed E-state index contributed by atoms with van der Waals surface area (Å²) in [5, 5.41) is 11.8. The maximum Gasteiger partial charge on any atom is 0.220 e. The van der Waals surface area contributed by atoms with Crippen LogP contribution in [0, 0.1) is 13.8 Å². The van der Waals surface area contributed by atoms with Gasteiger partial charge in [0.2, 0.25) is 5.91 Å². The van der Waals surface area contributed by atoms with Crippen LogP contribution in [0.15, 0.2) is 18.2 Å². The first-order valence-electron chi connectivity index (χ1n) is 6.95. The van der Waals surface area contributed by atoms with Crippen LogP contribution in [-0.2, 0) is 4.79 Å². The van der Waals surface area contributed by atoms with E-state index in [1.165, 1.54) is 0 Å². The van der Waals surface area contributed by atoms with Crippen molar-refractivity contribution in [2.75, 3.05) is 6.54 Å². The van der Waals surface area contributed by atoms with Gasteiger partial charge in [0, 0.05) is 24.9 Å². The Balaban J connectivity index is 2.39. The SMILES string of the molecule is Cc1ccc(C(=O)CCC(=O)NCCC(C)O)cc1C. The monoisotopic (exact) mass is 277 g/mol. The number of carbonyl (C=O) groups is 2. The number of ketones is 1. The number of aliphatic hydroxyl groups excluding tert-OH is 1. The molecule has 0 radical (unpaired) electrons. The average Bonchev–Trinajstić information content (AvgIpc) is 2.38. The van der Waals surface area contributed by atoms with Gasteiger partial charge in [0.15, 0.2) is 5.78 Å². The highest BCUT2D eigenvalue weighted by Gasteiger charge is 2.10. The highest BCUT2D eigenvalue weighted by Crippen LogP contribution is 2.12. The minimum atomic E-state index is -0.424. The summed E-state index contributed by atoms with van der Waals surface area (Å²) < 4.78 is 0. The summed E-state index contributed by atoms with van der Waals surface area (Å²) in [5.74, 6) is -0.165. The fourth-order valence-electron chi connectivity index (χ4n) is 1.80. The van der Waals surface area contributed by atoms with Gasteiger partial charge < -0.3 is 10.4 Å². The zero-order valence-corrected chi connectivity index (χ0v) is 12.4. The molecular weight excluding hydrogens is 254 g/mol. The van der Waals surface area contributed by atoms with Crippen LogP contribution in [0.3, 0.4) is 0 Å². The van der Waals surface area contributed by atoms with Crippen LogP contribution >= 0.6 is 0 Å². The van der Waals surface area contributed by atoms with Crippen molar-refractivity contribution in [2.24, 2.45) is 0 Å². The summed E-state index contributed by atoms with van der Waals surface area (Å²) in [6, 6.07) is 5.59. The molecule has 2 N–H and O–H groups in total. The smallest absolute Gasteiger partial charge is 0.220 e. The van der Waals surface area contributed by atoms with Gasteiger partial charge in [0.05, 0.1) is 6.10 Å². The normalized spacial score (nSPS) is 12.0. The summed E-state index contributed by atoms with van der Waals surface area (Å²) in [6.45, 7) is 6.08. The van der Waals surface area contributed by atoms with Crippen molar-refractivity contribution in [3.8, 4) is 0 Å². The fourth-order valence-corrected chi connectivity index (χ4v) is 1.80. The van der Waals surface area contributed by atoms with Gasteiger partial charge in [0.1, 0.15) is 0 Å². The van der Waals surface area contributed by atoms with E-state index in [2.05, 4.69) is 5.32 Å². The molecule has 0 aromatic heterocycles. The molecule has 0 aliphatic heterocycles. The number of rotatable bonds is 7. The Kier molecular flexibility index (Phi) is 6.39. The second-order valence-electron chi connectivity index (χ2n) is 5.21. The number of aliphatic hydroxyl groups is 1. The molecule has 0 aliphatic rings. The molecule has 1 amide bonds. The van der Waals surface area contributed by atoms with Crippen molar-refractivity contribution in [1.82, 2.24) is 5.32 Å². The van der Waals surface area contributed by atoms with Crippen molar-refractivity contribution in [3.05, 3.63) is 34.9 Å². The summed E-state index contributed by atoms with van der Waals surface area (Å²) in [5.41, 5.74) is 2.89. The van der Waals surface area contributed by atoms with Crippen molar-refractivity contribution in [2.45, 2.75) is 46.1 Å². The number of amides is 1. The van der Waals surface area contributed by atoms with E-state index in [1.807, 2.05) is 26.0 Å². The Hall–Kier alpha value is -1.68. The number of nitrogens with one attached hydrogen (secondary N) is 1. The lowest BCUT2D eigenvalue weighted by Gasteiger charge is -2.07. The zero-order valence-electron chi connectivity index (χ0n) is 12.4. The van der Waals surface area contributed by atoms with Gasteiger partial charge in [-0.25, -0.2) is 0 Å². The lowest BCUT2D eigenvalue weighted by Crippen LogP contribution is -2.26. The van der Waals surface area contributed by atoms with Gasteiger partial charge in [-0.1, -0.05) is 12.1 Å². The Morgan fingerprint density at radius 2 is 1.90 bits per heavy atom. The molecule has 0 spiro atoms. The summed E-state index contributed by atoms with van der Waals surface area (Å²) in [7, 11) is 0. The molecule has 1 aromatic rings. The van der Waals surface area contributed by atoms with Gasteiger partial charge in [-0.15, -0.1) is 0 Å². The number of Topliss-reactive ketones (excluding diaryl/α,β-unsaturated/α-hetero) is 1. The zero-order chi connectivity index (χ0) is 15.1. The molecule has 4 nitrogen and oxygen atoms in total. The van der Waals surface area contributed by atoms with E-state index < -0.39 is 6.10 Å². The first-order valence-corrected chi connectivity index (χ1v) is 6.95. The van der Waals surface area contributed by atoms with E-state index in [1.54, 1.807) is 13.0 Å². The third kappa shape index (κ3) is 5.53. The molecule has 1 unspecified atom stereocenters. The molecule has 0 saturated carbocycles. The first kappa shape index (κ1) is 16.4. The highest BCUT2D eigenvalue weighted by molar-refractivity contribution is 5.98. The molecule has 0 bridgehead atoms. The second kappa shape index (κ2) is 7.80. The van der Waals surface area contributed by atoms with Crippen molar-refractivity contribution < 1.29 is 14.7 Å². The largest absolute Gasteiger partial charge is 0.393 e. The molecule has 0 heterocycles. The van der Waals surface area contributed by atoms with Gasteiger partial charge in [-0.05, 0) is 44.4 Å². The minimum absolute atomic E-state index is 0.0150. The van der Waals surface area contributed by atoms with Crippen LogP contribution in [0.4, 0.5) is 0 Å². The van der Waals surface area contributed by atoms with Crippen LogP contribution in [0.1, 0.15) is 47.7 Å². The van der Waals surface area contributed by atoms with Gasteiger partial charge in [-0.2, -0.15) is 0 Å². The standard InChI is InChI=1S/C16H23NO3/c1-11-4-5-14(10-12(11)2)15(19)6-7-16(20)17-9-8-13(3)18/h4-5,10,13,18H,6-9H2,1-3H3,(H,17,20).